The lowest BCUT2D eigenvalue weighted by Crippen LogP contribution is -2.48. The Morgan fingerprint density at radius 3 is 2.16 bits per heavy atom. The van der Waals surface area contributed by atoms with Crippen molar-refractivity contribution in [2.75, 3.05) is 0 Å². The van der Waals surface area contributed by atoms with Crippen LogP contribution in [-0.4, -0.2) is 16.0 Å². The van der Waals surface area contributed by atoms with E-state index in [1.54, 1.807) is 30.3 Å². The van der Waals surface area contributed by atoms with Crippen LogP contribution < -0.4 is 9.13 Å². The summed E-state index contributed by atoms with van der Waals surface area (Å²) in [5.41, 5.74) is 1.75. The van der Waals surface area contributed by atoms with Gasteiger partial charge in [-0.3, -0.25) is 4.79 Å². The van der Waals surface area contributed by atoms with Gasteiger partial charge in [0.1, 0.15) is 0 Å². The van der Waals surface area contributed by atoms with E-state index in [-0.39, 0.29) is 24.2 Å². The number of nitrogens with zero attached hydrogens (tertiary/aromatic N) is 2. The van der Waals surface area contributed by atoms with Crippen molar-refractivity contribution in [2.45, 2.75) is 6.54 Å². The molecule has 0 spiro atoms. The van der Waals surface area contributed by atoms with Crippen molar-refractivity contribution in [1.82, 2.24) is 0 Å². The highest BCUT2D eigenvalue weighted by Crippen LogP contribution is 2.24. The van der Waals surface area contributed by atoms with Gasteiger partial charge < -0.3 is 10.2 Å². The van der Waals surface area contributed by atoms with Gasteiger partial charge in [0, 0.05) is 23.8 Å². The normalized spacial score (nSPS) is 11.1. The first-order valence-electron chi connectivity index (χ1n) is 10.00. The summed E-state index contributed by atoms with van der Waals surface area (Å²) in [6.07, 6.45) is 0. The van der Waals surface area contributed by atoms with Crippen LogP contribution in [0.2, 0.25) is 0 Å². The number of carbonyl (C=O) groups excluding carboxylic acids is 1. The number of fused-ring (bicyclic) bond motifs is 2. The molecule has 0 saturated heterocycles. The fourth-order valence-electron chi connectivity index (χ4n) is 4.01. The average Bonchev–Trinajstić information content (AvgIpc) is 2.82. The van der Waals surface area contributed by atoms with E-state index in [2.05, 4.69) is 0 Å². The van der Waals surface area contributed by atoms with Crippen LogP contribution in [-0.2, 0) is 6.54 Å². The number of rotatable bonds is 4. The highest BCUT2D eigenvalue weighted by atomic mass is 16.3. The molecule has 0 aliphatic heterocycles. The van der Waals surface area contributed by atoms with Gasteiger partial charge in [0.05, 0.1) is 0 Å². The molecule has 150 valence electrons. The second kappa shape index (κ2) is 7.54. The standard InChI is InChI=1S/C26H18N2O3/c29-24(21-15-8-10-18-9-4-5-13-20(18)21)17-27-23-16-7-6-14-22(23)25(30)28(26(27)31)19-11-2-1-3-12-19/h1-16H,17H2/p+2. The molecule has 5 nitrogen and oxygen atoms in total. The van der Waals surface area contributed by atoms with E-state index in [1.807, 2.05) is 66.7 Å². The predicted molar refractivity (Wildman–Crippen MR) is 117 cm³/mol. The molecule has 0 amide bonds. The van der Waals surface area contributed by atoms with E-state index in [1.165, 1.54) is 9.13 Å². The summed E-state index contributed by atoms with van der Waals surface area (Å²) in [5.74, 6) is -0.222. The monoisotopic (exact) mass is 408 g/mol. The summed E-state index contributed by atoms with van der Waals surface area (Å²) in [6.45, 7) is -0.0759. The maximum Gasteiger partial charge on any atom is 0.638 e. The Morgan fingerprint density at radius 2 is 1.35 bits per heavy atom. The van der Waals surface area contributed by atoms with Crippen LogP contribution in [0.3, 0.4) is 0 Å². The number of aromatic nitrogens is 2. The molecule has 1 aromatic heterocycles. The molecule has 0 fully saturated rings. The highest BCUT2D eigenvalue weighted by molar-refractivity contribution is 6.07. The Kier molecular flexibility index (Phi) is 4.56. The molecular formula is C26H20N2O3+2. The number of ketones is 1. The molecule has 0 bridgehead atoms. The number of carbonyl (C=O) groups is 1. The quantitative estimate of drug-likeness (QED) is 0.351. The van der Waals surface area contributed by atoms with Gasteiger partial charge in [-0.2, -0.15) is 0 Å². The van der Waals surface area contributed by atoms with E-state index >= 15 is 0 Å². The molecule has 31 heavy (non-hydrogen) atoms. The van der Waals surface area contributed by atoms with Crippen molar-refractivity contribution < 1.29 is 24.1 Å². The van der Waals surface area contributed by atoms with Crippen molar-refractivity contribution in [3.05, 3.63) is 103 Å². The molecule has 0 aliphatic rings. The van der Waals surface area contributed by atoms with Crippen LogP contribution in [0.15, 0.2) is 97.1 Å². The summed E-state index contributed by atoms with van der Waals surface area (Å²) in [6, 6.07) is 29.4. The third kappa shape index (κ3) is 3.16. The molecule has 5 rings (SSSR count). The fourth-order valence-corrected chi connectivity index (χ4v) is 4.01. The van der Waals surface area contributed by atoms with E-state index in [9.17, 15) is 15.0 Å². The van der Waals surface area contributed by atoms with Crippen LogP contribution in [0, 0.1) is 0 Å². The Labute approximate surface area is 178 Å². The van der Waals surface area contributed by atoms with Crippen molar-refractivity contribution in [3.63, 3.8) is 0 Å². The van der Waals surface area contributed by atoms with Crippen LogP contribution in [0.1, 0.15) is 10.4 Å². The third-order valence-corrected chi connectivity index (χ3v) is 5.50. The molecule has 4 aromatic carbocycles. The first kappa shape index (κ1) is 18.8. The largest absolute Gasteiger partial charge is 0.638 e. The van der Waals surface area contributed by atoms with Crippen molar-refractivity contribution in [2.24, 2.45) is 0 Å². The molecule has 5 aromatic rings. The molecule has 1 heterocycles. The third-order valence-electron chi connectivity index (χ3n) is 5.50. The maximum atomic E-state index is 13.4. The molecule has 0 saturated carbocycles. The van der Waals surface area contributed by atoms with Crippen LogP contribution in [0.4, 0.5) is 0 Å². The van der Waals surface area contributed by atoms with Gasteiger partial charge >= 0.3 is 11.9 Å². The smallest absolute Gasteiger partial charge is 0.459 e. The Hall–Kier alpha value is -4.25. The van der Waals surface area contributed by atoms with Crippen molar-refractivity contribution in [3.8, 4) is 17.6 Å². The van der Waals surface area contributed by atoms with Gasteiger partial charge in [0.2, 0.25) is 23.5 Å². The van der Waals surface area contributed by atoms with Crippen LogP contribution >= 0.6 is 0 Å². The summed E-state index contributed by atoms with van der Waals surface area (Å²) < 4.78 is 2.88. The predicted octanol–water partition coefficient (Wildman–Crippen LogP) is 3.85. The Morgan fingerprint density at radius 1 is 0.710 bits per heavy atom. The molecule has 2 N–H and O–H groups in total. The van der Waals surface area contributed by atoms with Gasteiger partial charge in [-0.05, 0) is 21.4 Å². The van der Waals surface area contributed by atoms with E-state index < -0.39 is 0 Å². The summed E-state index contributed by atoms with van der Waals surface area (Å²) in [7, 11) is 0. The average molecular weight is 408 g/mol. The lowest BCUT2D eigenvalue weighted by Gasteiger charge is -2.06. The minimum absolute atomic E-state index is 0.0759. The topological polar surface area (TPSA) is 65.3 Å². The maximum absolute atomic E-state index is 13.4. The minimum Gasteiger partial charge on any atom is -0.459 e. The number of benzene rings is 4. The second-order valence-electron chi connectivity index (χ2n) is 7.35. The zero-order valence-corrected chi connectivity index (χ0v) is 16.6. The van der Waals surface area contributed by atoms with Gasteiger partial charge in [-0.25, -0.2) is 0 Å². The molecule has 0 atom stereocenters. The van der Waals surface area contributed by atoms with Gasteiger partial charge in [0.15, 0.2) is 5.39 Å². The number of para-hydroxylation sites is 2. The van der Waals surface area contributed by atoms with Gasteiger partial charge in [-0.1, -0.05) is 77.4 Å². The second-order valence-corrected chi connectivity index (χ2v) is 7.35. The van der Waals surface area contributed by atoms with E-state index in [4.69, 9.17) is 0 Å². The lowest BCUT2D eigenvalue weighted by atomic mass is 10.0. The highest BCUT2D eigenvalue weighted by Gasteiger charge is 2.36. The first-order valence-corrected chi connectivity index (χ1v) is 10.00. The molecule has 0 aliphatic carbocycles. The molecule has 0 radical (unpaired) electrons. The Bertz CT molecular complexity index is 1440. The van der Waals surface area contributed by atoms with Crippen LogP contribution in [0.5, 0.6) is 11.9 Å². The first-order chi connectivity index (χ1) is 15.1. The Balaban J connectivity index is 1.70. The van der Waals surface area contributed by atoms with E-state index in [0.29, 0.717) is 22.2 Å². The van der Waals surface area contributed by atoms with Crippen molar-refractivity contribution >= 4 is 27.5 Å². The van der Waals surface area contributed by atoms with Gasteiger partial charge in [0.25, 0.3) is 0 Å². The number of hydrogen-bond acceptors (Lipinski definition) is 3. The van der Waals surface area contributed by atoms with Crippen LogP contribution in [0.25, 0.3) is 27.4 Å². The van der Waals surface area contributed by atoms with Gasteiger partial charge in [-0.15, -0.1) is 0 Å². The summed E-state index contributed by atoms with van der Waals surface area (Å²) in [4.78, 5) is 13.4. The van der Waals surface area contributed by atoms with Crippen molar-refractivity contribution in [1.29, 1.82) is 0 Å². The molecule has 0 unspecified atom stereocenters. The SMILES string of the molecule is O=C(C[n+]1c(O)[n+](-c2ccccc2)c(O)c2ccccc21)c1cccc2ccccc12. The lowest BCUT2D eigenvalue weighted by molar-refractivity contribution is -0.774. The number of hydrogen-bond donors (Lipinski definition) is 2. The van der Waals surface area contributed by atoms with E-state index in [0.717, 1.165) is 10.8 Å². The molecular weight excluding hydrogens is 388 g/mol. The number of Topliss-reactive ketones (excluding diaryl/α,β-unsaturated/α-hetero) is 1. The zero-order chi connectivity index (χ0) is 21.4. The number of aromatic hydroxyl groups is 2. The fraction of sp³-hybridized carbons (Fsp3) is 0.0385. The zero-order valence-electron chi connectivity index (χ0n) is 16.6. The minimum atomic E-state index is -0.226. The molecule has 5 heteroatoms. The summed E-state index contributed by atoms with van der Waals surface area (Å²) in [5, 5.41) is 24.4. The summed E-state index contributed by atoms with van der Waals surface area (Å²) >= 11 is 0.